The first-order valence-corrected chi connectivity index (χ1v) is 10.3. The fourth-order valence-electron chi connectivity index (χ4n) is 4.49. The van der Waals surface area contributed by atoms with Crippen molar-refractivity contribution in [1.82, 2.24) is 15.2 Å². The van der Waals surface area contributed by atoms with E-state index >= 15 is 0 Å². The van der Waals surface area contributed by atoms with Crippen molar-refractivity contribution in [2.24, 2.45) is 11.1 Å². The Morgan fingerprint density at radius 3 is 2.40 bits per heavy atom. The summed E-state index contributed by atoms with van der Waals surface area (Å²) in [5.41, 5.74) is 7.19. The number of aromatic nitrogens is 1. The Balaban J connectivity index is 0.000000212. The van der Waals surface area contributed by atoms with Crippen LogP contribution in [0.3, 0.4) is 0 Å². The first-order valence-electron chi connectivity index (χ1n) is 10.3. The summed E-state index contributed by atoms with van der Waals surface area (Å²) in [6.07, 6.45) is 7.38. The molecule has 2 aliphatic rings. The van der Waals surface area contributed by atoms with Gasteiger partial charge in [0.25, 0.3) is 11.5 Å². The molecule has 4 N–H and O–H groups in total. The largest absolute Gasteiger partial charge is 0.355 e. The summed E-state index contributed by atoms with van der Waals surface area (Å²) in [5.74, 6) is -0.500. The molecule has 1 aromatic carbocycles. The van der Waals surface area contributed by atoms with E-state index < -0.39 is 11.5 Å². The molecule has 30 heavy (non-hydrogen) atoms. The van der Waals surface area contributed by atoms with E-state index in [2.05, 4.69) is 17.7 Å². The minimum Gasteiger partial charge on any atom is -0.355 e. The van der Waals surface area contributed by atoms with Crippen molar-refractivity contribution in [3.05, 3.63) is 69.6 Å². The molecule has 7 nitrogen and oxygen atoms in total. The van der Waals surface area contributed by atoms with Crippen LogP contribution in [-0.2, 0) is 6.54 Å². The van der Waals surface area contributed by atoms with Crippen molar-refractivity contribution in [3.8, 4) is 0 Å². The first kappa shape index (κ1) is 21.9. The molecule has 7 heteroatoms. The standard InChI is InChI=1S/C15H14N2O3.C8H16N2/c1-16-14(19)13-7-12(10-18)9-17(15(13)20)8-11-5-3-2-4-6-11;1-10-7-4-8(5-7)2-6(9)3-8/h2-7,9-10H,8H2,1H3,(H,16,19);6-7,10H,2-5,9H2,1H3. The third kappa shape index (κ3) is 4.86. The fraction of sp³-hybridized carbons (Fsp3) is 0.435. The average Bonchev–Trinajstić information content (AvgIpc) is 2.71. The van der Waals surface area contributed by atoms with Crippen LogP contribution in [0.4, 0.5) is 0 Å². The summed E-state index contributed by atoms with van der Waals surface area (Å²) in [7, 11) is 3.49. The van der Waals surface area contributed by atoms with Gasteiger partial charge < -0.3 is 20.9 Å². The van der Waals surface area contributed by atoms with Crippen molar-refractivity contribution in [2.45, 2.75) is 44.3 Å². The second kappa shape index (κ2) is 9.36. The number of benzene rings is 1. The lowest BCUT2D eigenvalue weighted by Crippen LogP contribution is -2.58. The lowest BCUT2D eigenvalue weighted by atomic mass is 9.52. The minimum atomic E-state index is -0.500. The van der Waals surface area contributed by atoms with Gasteiger partial charge in [0, 0.05) is 30.9 Å². The van der Waals surface area contributed by atoms with E-state index in [-0.39, 0.29) is 5.56 Å². The highest BCUT2D eigenvalue weighted by atomic mass is 16.2. The van der Waals surface area contributed by atoms with Gasteiger partial charge in [0.15, 0.2) is 6.29 Å². The predicted molar refractivity (Wildman–Crippen MR) is 117 cm³/mol. The van der Waals surface area contributed by atoms with Crippen LogP contribution in [0.5, 0.6) is 0 Å². The smallest absolute Gasteiger partial charge is 0.263 e. The minimum absolute atomic E-state index is 0.0342. The highest BCUT2D eigenvalue weighted by Crippen LogP contribution is 2.55. The van der Waals surface area contributed by atoms with E-state index in [1.807, 2.05) is 30.3 Å². The summed E-state index contributed by atoms with van der Waals surface area (Å²) in [6, 6.07) is 12.0. The SMILES string of the molecule is CNC(=O)c1cc(C=O)cn(Cc2ccccc2)c1=O.CNC1CC2(CC(N)C2)C1. The van der Waals surface area contributed by atoms with Gasteiger partial charge in [-0.05, 0) is 49.8 Å². The number of amides is 1. The Hall–Kier alpha value is -2.77. The Morgan fingerprint density at radius 1 is 1.20 bits per heavy atom. The van der Waals surface area contributed by atoms with E-state index in [9.17, 15) is 14.4 Å². The Labute approximate surface area is 176 Å². The zero-order chi connectivity index (χ0) is 21.7. The maximum absolute atomic E-state index is 12.2. The van der Waals surface area contributed by atoms with Crippen molar-refractivity contribution in [1.29, 1.82) is 0 Å². The maximum Gasteiger partial charge on any atom is 0.263 e. The topological polar surface area (TPSA) is 106 Å². The number of rotatable bonds is 5. The van der Waals surface area contributed by atoms with Gasteiger partial charge >= 0.3 is 0 Å². The third-order valence-electron chi connectivity index (χ3n) is 6.07. The molecule has 1 heterocycles. The van der Waals surface area contributed by atoms with Crippen LogP contribution in [0.1, 0.15) is 52.0 Å². The van der Waals surface area contributed by atoms with Gasteiger partial charge in [0.2, 0.25) is 0 Å². The van der Waals surface area contributed by atoms with E-state index in [0.29, 0.717) is 29.9 Å². The summed E-state index contributed by atoms with van der Waals surface area (Å²) in [4.78, 5) is 34.8. The van der Waals surface area contributed by atoms with Gasteiger partial charge in [-0.1, -0.05) is 30.3 Å². The zero-order valence-electron chi connectivity index (χ0n) is 17.6. The second-order valence-electron chi connectivity index (χ2n) is 8.36. The number of nitrogens with two attached hydrogens (primary N) is 1. The molecule has 1 spiro atoms. The Kier molecular flexibility index (Phi) is 6.84. The first-order chi connectivity index (χ1) is 14.4. The predicted octanol–water partition coefficient (Wildman–Crippen LogP) is 1.54. The van der Waals surface area contributed by atoms with Gasteiger partial charge in [-0.15, -0.1) is 0 Å². The van der Waals surface area contributed by atoms with Gasteiger partial charge in [0.1, 0.15) is 5.56 Å². The molecule has 0 aliphatic heterocycles. The zero-order valence-corrected chi connectivity index (χ0v) is 17.6. The number of hydrogen-bond donors (Lipinski definition) is 3. The molecule has 1 amide bonds. The van der Waals surface area contributed by atoms with Crippen LogP contribution in [0.15, 0.2) is 47.4 Å². The molecule has 0 bridgehead atoms. The van der Waals surface area contributed by atoms with E-state index in [4.69, 9.17) is 5.73 Å². The molecule has 2 saturated carbocycles. The fourth-order valence-corrected chi connectivity index (χ4v) is 4.49. The summed E-state index contributed by atoms with van der Waals surface area (Å²) in [5, 5.41) is 5.70. The van der Waals surface area contributed by atoms with Crippen LogP contribution in [0.2, 0.25) is 0 Å². The van der Waals surface area contributed by atoms with Crippen LogP contribution < -0.4 is 21.9 Å². The molecule has 0 atom stereocenters. The molecule has 160 valence electrons. The van der Waals surface area contributed by atoms with E-state index in [1.165, 1.54) is 49.6 Å². The molecule has 4 rings (SSSR count). The van der Waals surface area contributed by atoms with E-state index in [0.717, 1.165) is 11.6 Å². The highest BCUT2D eigenvalue weighted by molar-refractivity contribution is 5.95. The number of carbonyl (C=O) groups excluding carboxylic acids is 2. The number of hydrogen-bond acceptors (Lipinski definition) is 5. The van der Waals surface area contributed by atoms with Gasteiger partial charge in [0.05, 0.1) is 6.54 Å². The lowest BCUT2D eigenvalue weighted by molar-refractivity contribution is -0.0154. The highest BCUT2D eigenvalue weighted by Gasteiger charge is 2.51. The molecule has 1 aromatic heterocycles. The quantitative estimate of drug-likeness (QED) is 0.649. The van der Waals surface area contributed by atoms with Crippen LogP contribution in [-0.4, -0.2) is 42.9 Å². The molecule has 0 radical (unpaired) electrons. The lowest BCUT2D eigenvalue weighted by Gasteiger charge is -2.57. The molecule has 2 aliphatic carbocycles. The second-order valence-corrected chi connectivity index (χ2v) is 8.36. The number of aldehydes is 1. The monoisotopic (exact) mass is 410 g/mol. The number of nitrogens with zero attached hydrogens (tertiary/aromatic N) is 1. The summed E-state index contributed by atoms with van der Waals surface area (Å²) >= 11 is 0. The molecular formula is C23H30N4O3. The number of carbonyl (C=O) groups is 2. The van der Waals surface area contributed by atoms with Crippen LogP contribution in [0.25, 0.3) is 0 Å². The molecule has 2 aromatic rings. The average molecular weight is 411 g/mol. The number of pyridine rings is 1. The van der Waals surface area contributed by atoms with Crippen LogP contribution >= 0.6 is 0 Å². The molecular weight excluding hydrogens is 380 g/mol. The summed E-state index contributed by atoms with van der Waals surface area (Å²) in [6.45, 7) is 0.311. The third-order valence-corrected chi connectivity index (χ3v) is 6.07. The molecule has 2 fully saturated rings. The Bertz CT molecular complexity index is 941. The molecule has 0 saturated heterocycles. The van der Waals surface area contributed by atoms with Gasteiger partial charge in [-0.2, -0.15) is 0 Å². The van der Waals surface area contributed by atoms with Gasteiger partial charge in [-0.3, -0.25) is 14.4 Å². The van der Waals surface area contributed by atoms with Crippen molar-refractivity contribution < 1.29 is 9.59 Å². The van der Waals surface area contributed by atoms with Gasteiger partial charge in [-0.25, -0.2) is 0 Å². The van der Waals surface area contributed by atoms with Crippen molar-refractivity contribution in [2.75, 3.05) is 14.1 Å². The van der Waals surface area contributed by atoms with Crippen molar-refractivity contribution >= 4 is 12.2 Å². The van der Waals surface area contributed by atoms with E-state index in [1.54, 1.807) is 0 Å². The molecule has 0 unspecified atom stereocenters. The van der Waals surface area contributed by atoms with Crippen LogP contribution in [0, 0.1) is 5.41 Å². The number of nitrogens with one attached hydrogen (secondary N) is 2. The van der Waals surface area contributed by atoms with Crippen molar-refractivity contribution in [3.63, 3.8) is 0 Å². The Morgan fingerprint density at radius 2 is 1.87 bits per heavy atom. The normalized spacial score (nSPS) is 24.1. The summed E-state index contributed by atoms with van der Waals surface area (Å²) < 4.78 is 1.36. The maximum atomic E-state index is 12.2.